The number of hydrogen-bond acceptors (Lipinski definition) is 1. The van der Waals surface area contributed by atoms with Crippen LogP contribution in [0.5, 0.6) is 0 Å². The first-order valence-corrected chi connectivity index (χ1v) is 3.19. The third kappa shape index (κ3) is 1.20. The van der Waals surface area contributed by atoms with Gasteiger partial charge in [-0.2, -0.15) is 0 Å². The fraction of sp³-hybridized carbons (Fsp3) is 0.333. The Morgan fingerprint density at radius 1 is 1.75 bits per heavy atom. The second-order valence-electron chi connectivity index (χ2n) is 2.09. The summed E-state index contributed by atoms with van der Waals surface area (Å²) >= 11 is 3.23. The Morgan fingerprint density at radius 2 is 2.38 bits per heavy atom. The number of halogens is 1. The molecule has 1 atom stereocenters. The molecule has 1 rings (SSSR count). The fourth-order valence-electron chi connectivity index (χ4n) is 0.624. The standard InChI is InChI=1S/C6H7BrO/c1-6(8)3-2-5(7)4-6/h2-4,8H,1H3. The number of allylic oxidation sites excluding steroid dienone is 2. The minimum Gasteiger partial charge on any atom is -0.382 e. The smallest absolute Gasteiger partial charge is 0.0997 e. The molecule has 2 heteroatoms. The van der Waals surface area contributed by atoms with Crippen LogP contribution in [0, 0.1) is 0 Å². The van der Waals surface area contributed by atoms with Gasteiger partial charge in [0.2, 0.25) is 0 Å². The van der Waals surface area contributed by atoms with Gasteiger partial charge >= 0.3 is 0 Å². The van der Waals surface area contributed by atoms with E-state index in [1.54, 1.807) is 19.1 Å². The zero-order chi connectivity index (χ0) is 6.20. The molecule has 0 radical (unpaired) electrons. The molecule has 0 saturated carbocycles. The lowest BCUT2D eigenvalue weighted by molar-refractivity contribution is 0.166. The molecule has 0 bridgehead atoms. The Bertz CT molecular complexity index is 156. The third-order valence-electron chi connectivity index (χ3n) is 1.01. The summed E-state index contributed by atoms with van der Waals surface area (Å²) in [5, 5.41) is 9.17. The SMILES string of the molecule is CC1(O)C=CC(Br)=C1. The summed E-state index contributed by atoms with van der Waals surface area (Å²) in [6.07, 6.45) is 5.31. The summed E-state index contributed by atoms with van der Waals surface area (Å²) in [5.41, 5.74) is -0.723. The van der Waals surface area contributed by atoms with Crippen molar-refractivity contribution in [2.75, 3.05) is 0 Å². The predicted molar refractivity (Wildman–Crippen MR) is 36.8 cm³/mol. The number of hydrogen-bond donors (Lipinski definition) is 1. The first kappa shape index (κ1) is 6.05. The highest BCUT2D eigenvalue weighted by Crippen LogP contribution is 2.22. The van der Waals surface area contributed by atoms with E-state index in [0.29, 0.717) is 0 Å². The molecule has 0 aromatic rings. The normalized spacial score (nSPS) is 35.6. The number of rotatable bonds is 0. The van der Waals surface area contributed by atoms with Gasteiger partial charge in [0.1, 0.15) is 0 Å². The molecule has 1 aliphatic carbocycles. The molecule has 8 heavy (non-hydrogen) atoms. The van der Waals surface area contributed by atoms with Crippen molar-refractivity contribution in [2.24, 2.45) is 0 Å². The van der Waals surface area contributed by atoms with E-state index in [2.05, 4.69) is 15.9 Å². The highest BCUT2D eigenvalue weighted by Gasteiger charge is 2.16. The van der Waals surface area contributed by atoms with Crippen LogP contribution in [0.15, 0.2) is 22.7 Å². The topological polar surface area (TPSA) is 20.2 Å². The van der Waals surface area contributed by atoms with Crippen LogP contribution >= 0.6 is 15.9 Å². The molecule has 0 aromatic heterocycles. The highest BCUT2D eigenvalue weighted by molar-refractivity contribution is 9.11. The predicted octanol–water partition coefficient (Wildman–Crippen LogP) is 1.59. The average Bonchev–Trinajstić information content (AvgIpc) is 1.82. The lowest BCUT2D eigenvalue weighted by Crippen LogP contribution is -2.13. The zero-order valence-corrected chi connectivity index (χ0v) is 6.14. The van der Waals surface area contributed by atoms with Gasteiger partial charge in [0.15, 0.2) is 0 Å². The van der Waals surface area contributed by atoms with E-state index < -0.39 is 5.60 Å². The molecular formula is C6H7BrO. The summed E-state index contributed by atoms with van der Waals surface area (Å²) in [7, 11) is 0. The lowest BCUT2D eigenvalue weighted by Gasteiger charge is -2.07. The molecule has 0 amide bonds. The maximum absolute atomic E-state index is 9.17. The maximum atomic E-state index is 9.17. The maximum Gasteiger partial charge on any atom is 0.0997 e. The molecule has 1 nitrogen and oxygen atoms in total. The van der Waals surface area contributed by atoms with Gasteiger partial charge in [0.25, 0.3) is 0 Å². The summed E-state index contributed by atoms with van der Waals surface area (Å²) < 4.78 is 0.947. The van der Waals surface area contributed by atoms with Crippen LogP contribution in [0.4, 0.5) is 0 Å². The fourth-order valence-corrected chi connectivity index (χ4v) is 1.22. The van der Waals surface area contributed by atoms with Crippen LogP contribution in [0.3, 0.4) is 0 Å². The van der Waals surface area contributed by atoms with Crippen LogP contribution in [-0.2, 0) is 0 Å². The molecule has 1 N–H and O–H groups in total. The molecule has 0 aliphatic heterocycles. The van der Waals surface area contributed by atoms with Crippen LogP contribution in [-0.4, -0.2) is 10.7 Å². The van der Waals surface area contributed by atoms with Crippen molar-refractivity contribution in [2.45, 2.75) is 12.5 Å². The van der Waals surface area contributed by atoms with E-state index >= 15 is 0 Å². The summed E-state index contributed by atoms with van der Waals surface area (Å²) in [4.78, 5) is 0. The minimum absolute atomic E-state index is 0.723. The van der Waals surface area contributed by atoms with Crippen molar-refractivity contribution in [3.8, 4) is 0 Å². The minimum atomic E-state index is -0.723. The summed E-state index contributed by atoms with van der Waals surface area (Å²) in [6, 6.07) is 0. The van der Waals surface area contributed by atoms with Crippen molar-refractivity contribution in [1.82, 2.24) is 0 Å². The molecule has 0 fully saturated rings. The van der Waals surface area contributed by atoms with Crippen LogP contribution in [0.1, 0.15) is 6.92 Å². The van der Waals surface area contributed by atoms with Crippen molar-refractivity contribution in [3.63, 3.8) is 0 Å². The molecule has 0 heterocycles. The highest BCUT2D eigenvalue weighted by atomic mass is 79.9. The van der Waals surface area contributed by atoms with E-state index in [-0.39, 0.29) is 0 Å². The third-order valence-corrected chi connectivity index (χ3v) is 1.50. The van der Waals surface area contributed by atoms with Crippen molar-refractivity contribution in [3.05, 3.63) is 22.7 Å². The molecular weight excluding hydrogens is 168 g/mol. The molecule has 0 aromatic carbocycles. The summed E-state index contributed by atoms with van der Waals surface area (Å²) in [5.74, 6) is 0. The van der Waals surface area contributed by atoms with Gasteiger partial charge in [0.05, 0.1) is 5.60 Å². The molecule has 1 unspecified atom stereocenters. The van der Waals surface area contributed by atoms with Crippen LogP contribution in [0.2, 0.25) is 0 Å². The molecule has 0 saturated heterocycles. The van der Waals surface area contributed by atoms with E-state index in [0.717, 1.165) is 4.48 Å². The van der Waals surface area contributed by atoms with Gasteiger partial charge in [-0.25, -0.2) is 0 Å². The van der Waals surface area contributed by atoms with Gasteiger partial charge in [-0.1, -0.05) is 15.9 Å². The van der Waals surface area contributed by atoms with Gasteiger partial charge in [-0.15, -0.1) is 0 Å². The first-order valence-electron chi connectivity index (χ1n) is 2.40. The zero-order valence-electron chi connectivity index (χ0n) is 4.56. The van der Waals surface area contributed by atoms with Gasteiger partial charge in [-0.05, 0) is 25.2 Å². The van der Waals surface area contributed by atoms with E-state index in [1.807, 2.05) is 6.08 Å². The Kier molecular flexibility index (Phi) is 1.29. The monoisotopic (exact) mass is 174 g/mol. The van der Waals surface area contributed by atoms with Gasteiger partial charge in [0, 0.05) is 4.48 Å². The Hall–Kier alpha value is -0.0800. The largest absolute Gasteiger partial charge is 0.382 e. The molecule has 44 valence electrons. The first-order chi connectivity index (χ1) is 3.60. The lowest BCUT2D eigenvalue weighted by atomic mass is 10.1. The quantitative estimate of drug-likeness (QED) is 0.592. The Balaban J connectivity index is 2.84. The van der Waals surface area contributed by atoms with E-state index in [4.69, 9.17) is 0 Å². The van der Waals surface area contributed by atoms with Crippen LogP contribution in [0.25, 0.3) is 0 Å². The van der Waals surface area contributed by atoms with Gasteiger partial charge < -0.3 is 5.11 Å². The second-order valence-corrected chi connectivity index (χ2v) is 3.00. The van der Waals surface area contributed by atoms with E-state index in [1.165, 1.54) is 0 Å². The molecule has 1 aliphatic rings. The molecule has 0 spiro atoms. The van der Waals surface area contributed by atoms with Crippen molar-refractivity contribution in [1.29, 1.82) is 0 Å². The Labute approximate surface area is 56.8 Å². The van der Waals surface area contributed by atoms with Crippen LogP contribution < -0.4 is 0 Å². The van der Waals surface area contributed by atoms with Crippen molar-refractivity contribution >= 4 is 15.9 Å². The summed E-state index contributed by atoms with van der Waals surface area (Å²) in [6.45, 7) is 1.73. The van der Waals surface area contributed by atoms with Gasteiger partial charge in [-0.3, -0.25) is 0 Å². The Morgan fingerprint density at radius 3 is 2.50 bits per heavy atom. The second kappa shape index (κ2) is 1.71. The average molecular weight is 175 g/mol. The van der Waals surface area contributed by atoms with Crippen molar-refractivity contribution < 1.29 is 5.11 Å². The number of aliphatic hydroxyl groups is 1. The van der Waals surface area contributed by atoms with E-state index in [9.17, 15) is 5.11 Å².